The van der Waals surface area contributed by atoms with Crippen LogP contribution in [-0.2, 0) is 0 Å². The fourth-order valence-electron chi connectivity index (χ4n) is 2.47. The first-order valence-electron chi connectivity index (χ1n) is 6.80. The van der Waals surface area contributed by atoms with Crippen LogP contribution < -0.4 is 5.32 Å². The van der Waals surface area contributed by atoms with Crippen molar-refractivity contribution in [2.75, 3.05) is 26.2 Å². The minimum absolute atomic E-state index is 0.101. The highest BCUT2D eigenvalue weighted by molar-refractivity contribution is 5.93. The Labute approximate surface area is 108 Å². The molecule has 2 heterocycles. The Kier molecular flexibility index (Phi) is 4.75. The standard InChI is InChI=1S/C13H22N4O/c1-2-7-17(10-11-3-5-14-6-4-11)13(18)12-8-15-16-9-12/h8-9,11,14H,2-7,10H2,1H3,(H,15,16). The van der Waals surface area contributed by atoms with Gasteiger partial charge in [-0.2, -0.15) is 5.10 Å². The molecule has 1 aromatic rings. The molecule has 2 rings (SSSR count). The Morgan fingerprint density at radius 3 is 2.89 bits per heavy atom. The van der Waals surface area contributed by atoms with Crippen LogP contribution in [0, 0.1) is 5.92 Å². The summed E-state index contributed by atoms with van der Waals surface area (Å²) < 4.78 is 0. The second kappa shape index (κ2) is 6.54. The predicted molar refractivity (Wildman–Crippen MR) is 70.4 cm³/mol. The largest absolute Gasteiger partial charge is 0.338 e. The quantitative estimate of drug-likeness (QED) is 0.827. The zero-order chi connectivity index (χ0) is 12.8. The van der Waals surface area contributed by atoms with E-state index in [1.807, 2.05) is 4.90 Å². The van der Waals surface area contributed by atoms with E-state index in [-0.39, 0.29) is 5.91 Å². The number of nitrogens with zero attached hydrogens (tertiary/aromatic N) is 2. The van der Waals surface area contributed by atoms with Crippen LogP contribution >= 0.6 is 0 Å². The lowest BCUT2D eigenvalue weighted by atomic mass is 9.97. The summed E-state index contributed by atoms with van der Waals surface area (Å²) >= 11 is 0. The fraction of sp³-hybridized carbons (Fsp3) is 0.692. The molecule has 2 N–H and O–H groups in total. The van der Waals surface area contributed by atoms with Gasteiger partial charge in [0.2, 0.25) is 0 Å². The highest BCUT2D eigenvalue weighted by atomic mass is 16.2. The first kappa shape index (κ1) is 13.1. The molecule has 0 saturated carbocycles. The number of rotatable bonds is 5. The number of H-pyrrole nitrogens is 1. The van der Waals surface area contributed by atoms with Crippen LogP contribution in [0.2, 0.25) is 0 Å². The van der Waals surface area contributed by atoms with Crippen LogP contribution in [0.1, 0.15) is 36.5 Å². The summed E-state index contributed by atoms with van der Waals surface area (Å²) in [6.07, 6.45) is 6.60. The Balaban J connectivity index is 1.96. The molecule has 0 aliphatic carbocycles. The van der Waals surface area contributed by atoms with Crippen molar-refractivity contribution < 1.29 is 4.79 Å². The first-order chi connectivity index (χ1) is 8.81. The molecular weight excluding hydrogens is 228 g/mol. The van der Waals surface area contributed by atoms with Gasteiger partial charge in [-0.25, -0.2) is 0 Å². The number of aromatic amines is 1. The summed E-state index contributed by atoms with van der Waals surface area (Å²) in [5.74, 6) is 0.734. The second-order valence-electron chi connectivity index (χ2n) is 4.93. The van der Waals surface area contributed by atoms with Crippen molar-refractivity contribution >= 4 is 5.91 Å². The van der Waals surface area contributed by atoms with E-state index in [0.717, 1.165) is 32.6 Å². The van der Waals surface area contributed by atoms with Gasteiger partial charge in [-0.1, -0.05) is 6.92 Å². The summed E-state index contributed by atoms with van der Waals surface area (Å²) in [5.41, 5.74) is 0.664. The van der Waals surface area contributed by atoms with Gasteiger partial charge in [0.05, 0.1) is 11.8 Å². The van der Waals surface area contributed by atoms with Gasteiger partial charge in [0.15, 0.2) is 0 Å². The summed E-state index contributed by atoms with van der Waals surface area (Å²) in [6.45, 7) is 5.96. The molecule has 0 spiro atoms. The van der Waals surface area contributed by atoms with Gasteiger partial charge < -0.3 is 10.2 Å². The molecular formula is C13H22N4O. The topological polar surface area (TPSA) is 61.0 Å². The zero-order valence-corrected chi connectivity index (χ0v) is 11.0. The van der Waals surface area contributed by atoms with Gasteiger partial charge in [-0.3, -0.25) is 9.89 Å². The number of hydrogen-bond acceptors (Lipinski definition) is 3. The highest BCUT2D eigenvalue weighted by Gasteiger charge is 2.21. The third-order valence-corrected chi connectivity index (χ3v) is 3.46. The van der Waals surface area contributed by atoms with Crippen LogP contribution in [-0.4, -0.2) is 47.2 Å². The molecule has 0 radical (unpaired) electrons. The molecule has 0 unspecified atom stereocenters. The Hall–Kier alpha value is -1.36. The van der Waals surface area contributed by atoms with E-state index in [4.69, 9.17) is 0 Å². The van der Waals surface area contributed by atoms with E-state index in [2.05, 4.69) is 22.4 Å². The van der Waals surface area contributed by atoms with Gasteiger partial charge in [0.25, 0.3) is 5.91 Å². The average molecular weight is 250 g/mol. The molecule has 1 saturated heterocycles. The predicted octanol–water partition coefficient (Wildman–Crippen LogP) is 1.26. The van der Waals surface area contributed by atoms with Crippen LogP contribution in [0.15, 0.2) is 12.4 Å². The average Bonchev–Trinajstić information content (AvgIpc) is 2.92. The Morgan fingerprint density at radius 1 is 1.50 bits per heavy atom. The van der Waals surface area contributed by atoms with Gasteiger partial charge >= 0.3 is 0 Å². The molecule has 0 atom stereocenters. The highest BCUT2D eigenvalue weighted by Crippen LogP contribution is 2.15. The van der Waals surface area contributed by atoms with E-state index in [0.29, 0.717) is 11.5 Å². The smallest absolute Gasteiger partial charge is 0.257 e. The molecule has 18 heavy (non-hydrogen) atoms. The lowest BCUT2D eigenvalue weighted by molar-refractivity contribution is 0.0716. The van der Waals surface area contributed by atoms with E-state index >= 15 is 0 Å². The van der Waals surface area contributed by atoms with Crippen molar-refractivity contribution in [3.05, 3.63) is 18.0 Å². The maximum Gasteiger partial charge on any atom is 0.257 e. The van der Waals surface area contributed by atoms with Crippen LogP contribution in [0.5, 0.6) is 0 Å². The molecule has 1 aromatic heterocycles. The van der Waals surface area contributed by atoms with Gasteiger partial charge in [-0.05, 0) is 38.3 Å². The molecule has 5 nitrogen and oxygen atoms in total. The normalized spacial score (nSPS) is 16.7. The number of carbonyl (C=O) groups excluding carboxylic acids is 1. The SMILES string of the molecule is CCCN(CC1CCNCC1)C(=O)c1cn[nH]c1. The van der Waals surface area contributed by atoms with Crippen molar-refractivity contribution in [2.24, 2.45) is 5.92 Å². The van der Waals surface area contributed by atoms with Gasteiger partial charge in [0.1, 0.15) is 0 Å². The lowest BCUT2D eigenvalue weighted by Crippen LogP contribution is -2.39. The number of carbonyl (C=O) groups is 1. The summed E-state index contributed by atoms with van der Waals surface area (Å²) in [6, 6.07) is 0. The summed E-state index contributed by atoms with van der Waals surface area (Å²) in [7, 11) is 0. The van der Waals surface area contributed by atoms with E-state index < -0.39 is 0 Å². The Morgan fingerprint density at radius 2 is 2.28 bits per heavy atom. The number of aromatic nitrogens is 2. The number of amides is 1. The van der Waals surface area contributed by atoms with Crippen molar-refractivity contribution in [1.82, 2.24) is 20.4 Å². The molecule has 5 heteroatoms. The van der Waals surface area contributed by atoms with Crippen molar-refractivity contribution in [3.8, 4) is 0 Å². The van der Waals surface area contributed by atoms with Crippen molar-refractivity contribution in [3.63, 3.8) is 0 Å². The van der Waals surface area contributed by atoms with Gasteiger partial charge in [0, 0.05) is 19.3 Å². The number of nitrogens with one attached hydrogen (secondary N) is 2. The lowest BCUT2D eigenvalue weighted by Gasteiger charge is -2.29. The number of hydrogen-bond donors (Lipinski definition) is 2. The number of piperidine rings is 1. The van der Waals surface area contributed by atoms with Crippen LogP contribution in [0.4, 0.5) is 0 Å². The third kappa shape index (κ3) is 3.32. The monoisotopic (exact) mass is 250 g/mol. The van der Waals surface area contributed by atoms with E-state index in [1.54, 1.807) is 12.4 Å². The summed E-state index contributed by atoms with van der Waals surface area (Å²) in [4.78, 5) is 14.3. The molecule has 1 aliphatic rings. The molecule has 100 valence electrons. The molecule has 0 aromatic carbocycles. The van der Waals surface area contributed by atoms with Crippen LogP contribution in [0.25, 0.3) is 0 Å². The fourth-order valence-corrected chi connectivity index (χ4v) is 2.47. The first-order valence-corrected chi connectivity index (χ1v) is 6.80. The van der Waals surface area contributed by atoms with Crippen molar-refractivity contribution in [2.45, 2.75) is 26.2 Å². The zero-order valence-electron chi connectivity index (χ0n) is 11.0. The maximum atomic E-state index is 12.3. The second-order valence-corrected chi connectivity index (χ2v) is 4.93. The third-order valence-electron chi connectivity index (χ3n) is 3.46. The summed E-state index contributed by atoms with van der Waals surface area (Å²) in [5, 5.41) is 9.91. The van der Waals surface area contributed by atoms with E-state index in [1.165, 1.54) is 12.8 Å². The molecule has 1 aliphatic heterocycles. The minimum Gasteiger partial charge on any atom is -0.338 e. The Bertz CT molecular complexity index is 357. The molecule has 0 bridgehead atoms. The van der Waals surface area contributed by atoms with Crippen LogP contribution in [0.3, 0.4) is 0 Å². The van der Waals surface area contributed by atoms with E-state index in [9.17, 15) is 4.79 Å². The van der Waals surface area contributed by atoms with Gasteiger partial charge in [-0.15, -0.1) is 0 Å². The minimum atomic E-state index is 0.101. The molecule has 1 amide bonds. The van der Waals surface area contributed by atoms with Crippen molar-refractivity contribution in [1.29, 1.82) is 0 Å². The molecule has 1 fully saturated rings. The maximum absolute atomic E-state index is 12.3.